The van der Waals surface area contributed by atoms with Crippen LogP contribution in [0.25, 0.3) is 0 Å². The van der Waals surface area contributed by atoms with Gasteiger partial charge < -0.3 is 10.5 Å². The smallest absolute Gasteiger partial charge is 0.242 e. The second kappa shape index (κ2) is 9.30. The number of hydrogen-bond donors (Lipinski definition) is 2. The Balaban J connectivity index is 0.00000441. The van der Waals surface area contributed by atoms with Crippen LogP contribution >= 0.6 is 39.9 Å². The fourth-order valence-electron chi connectivity index (χ4n) is 1.92. The molecule has 1 unspecified atom stereocenters. The lowest BCUT2D eigenvalue weighted by Gasteiger charge is -2.19. The Kier molecular flexibility index (Phi) is 9.27. The van der Waals surface area contributed by atoms with E-state index in [1.54, 1.807) is 0 Å². The first kappa shape index (κ1) is 21.9. The summed E-state index contributed by atoms with van der Waals surface area (Å²) in [5, 5.41) is 0.231. The molecule has 1 rings (SSSR count). The Labute approximate surface area is 151 Å². The first-order valence-electron chi connectivity index (χ1n) is 6.46. The second-order valence-corrected chi connectivity index (χ2v) is 8.04. The van der Waals surface area contributed by atoms with Gasteiger partial charge in [0.1, 0.15) is 5.75 Å². The van der Waals surface area contributed by atoms with Crippen LogP contribution in [0.15, 0.2) is 21.5 Å². The molecule has 22 heavy (non-hydrogen) atoms. The van der Waals surface area contributed by atoms with Crippen molar-refractivity contribution in [2.75, 3.05) is 13.7 Å². The van der Waals surface area contributed by atoms with E-state index in [1.165, 1.54) is 19.2 Å². The Bertz CT molecular complexity index is 597. The summed E-state index contributed by atoms with van der Waals surface area (Å²) in [7, 11) is -2.25. The minimum Gasteiger partial charge on any atom is -0.495 e. The molecule has 0 aliphatic rings. The van der Waals surface area contributed by atoms with Gasteiger partial charge in [0.05, 0.1) is 17.0 Å². The molecule has 0 aliphatic carbocycles. The third-order valence-corrected chi connectivity index (χ3v) is 5.63. The summed E-state index contributed by atoms with van der Waals surface area (Å²) in [6.07, 6.45) is 0.664. The zero-order valence-electron chi connectivity index (χ0n) is 12.6. The topological polar surface area (TPSA) is 81.4 Å². The first-order valence-corrected chi connectivity index (χ1v) is 9.12. The van der Waals surface area contributed by atoms with Crippen LogP contribution in [0.3, 0.4) is 0 Å². The van der Waals surface area contributed by atoms with Gasteiger partial charge in [-0.2, -0.15) is 0 Å². The molecular formula is C13H21BrCl2N2O3S. The van der Waals surface area contributed by atoms with E-state index < -0.39 is 10.0 Å². The predicted octanol–water partition coefficient (Wildman–Crippen LogP) is 3.18. The SMILES string of the molecule is COc1cc(Br)c(S(=O)(=O)NC(CN)CC(C)C)cc1Cl.Cl. The fraction of sp³-hybridized carbons (Fsp3) is 0.538. The van der Waals surface area contributed by atoms with Gasteiger partial charge in [-0.3, -0.25) is 0 Å². The van der Waals surface area contributed by atoms with Crippen molar-refractivity contribution in [3.8, 4) is 5.75 Å². The second-order valence-electron chi connectivity index (χ2n) is 5.10. The van der Waals surface area contributed by atoms with Crippen molar-refractivity contribution in [3.63, 3.8) is 0 Å². The van der Waals surface area contributed by atoms with Crippen molar-refractivity contribution >= 4 is 50.0 Å². The summed E-state index contributed by atoms with van der Waals surface area (Å²) >= 11 is 9.23. The molecule has 0 saturated heterocycles. The van der Waals surface area contributed by atoms with Gasteiger partial charge in [-0.1, -0.05) is 25.4 Å². The zero-order valence-corrected chi connectivity index (χ0v) is 16.6. The first-order chi connectivity index (χ1) is 9.71. The van der Waals surface area contributed by atoms with Crippen molar-refractivity contribution in [2.24, 2.45) is 11.7 Å². The summed E-state index contributed by atoms with van der Waals surface area (Å²) < 4.78 is 33.0. The average Bonchev–Trinajstić information content (AvgIpc) is 2.39. The van der Waals surface area contributed by atoms with Gasteiger partial charge in [-0.15, -0.1) is 12.4 Å². The van der Waals surface area contributed by atoms with E-state index in [2.05, 4.69) is 20.7 Å². The molecule has 5 nitrogen and oxygen atoms in total. The maximum absolute atomic E-state index is 12.5. The Hall–Kier alpha value is -0.0500. The lowest BCUT2D eigenvalue weighted by molar-refractivity contribution is 0.414. The number of benzene rings is 1. The van der Waals surface area contributed by atoms with E-state index >= 15 is 0 Å². The number of ether oxygens (including phenoxy) is 1. The maximum Gasteiger partial charge on any atom is 0.242 e. The molecule has 0 radical (unpaired) electrons. The maximum atomic E-state index is 12.5. The number of hydrogen-bond acceptors (Lipinski definition) is 4. The van der Waals surface area contributed by atoms with E-state index in [4.69, 9.17) is 22.1 Å². The Morgan fingerprint density at radius 1 is 1.41 bits per heavy atom. The molecule has 1 aromatic carbocycles. The summed E-state index contributed by atoms with van der Waals surface area (Å²) in [5.74, 6) is 0.740. The van der Waals surface area contributed by atoms with Crippen LogP contribution < -0.4 is 15.2 Å². The van der Waals surface area contributed by atoms with Gasteiger partial charge in [0.15, 0.2) is 0 Å². The van der Waals surface area contributed by atoms with Crippen molar-refractivity contribution < 1.29 is 13.2 Å². The zero-order chi connectivity index (χ0) is 16.2. The lowest BCUT2D eigenvalue weighted by atomic mass is 10.1. The summed E-state index contributed by atoms with van der Waals surface area (Å²) in [5.41, 5.74) is 5.64. The molecule has 0 aromatic heterocycles. The van der Waals surface area contributed by atoms with Crippen LogP contribution in [0.1, 0.15) is 20.3 Å². The average molecular weight is 436 g/mol. The Morgan fingerprint density at radius 3 is 2.45 bits per heavy atom. The molecule has 1 aromatic rings. The van der Waals surface area contributed by atoms with E-state index in [9.17, 15) is 8.42 Å². The van der Waals surface area contributed by atoms with Crippen LogP contribution in [0.2, 0.25) is 5.02 Å². The van der Waals surface area contributed by atoms with E-state index in [-0.39, 0.29) is 34.9 Å². The molecule has 0 bridgehead atoms. The normalized spacial score (nSPS) is 12.9. The molecule has 128 valence electrons. The summed E-state index contributed by atoms with van der Waals surface area (Å²) in [4.78, 5) is 0.0653. The van der Waals surface area contributed by atoms with Crippen molar-refractivity contribution in [3.05, 3.63) is 21.6 Å². The van der Waals surface area contributed by atoms with Gasteiger partial charge in [-0.25, -0.2) is 13.1 Å². The van der Waals surface area contributed by atoms with Gasteiger partial charge in [0.25, 0.3) is 0 Å². The third-order valence-electron chi connectivity index (χ3n) is 2.86. The van der Waals surface area contributed by atoms with Crippen LogP contribution in [-0.4, -0.2) is 28.1 Å². The van der Waals surface area contributed by atoms with Crippen molar-refractivity contribution in [2.45, 2.75) is 31.2 Å². The minimum absolute atomic E-state index is 0. The number of methoxy groups -OCH3 is 1. The highest BCUT2D eigenvalue weighted by molar-refractivity contribution is 9.10. The van der Waals surface area contributed by atoms with E-state index in [0.717, 1.165) is 0 Å². The molecule has 0 aliphatic heterocycles. The molecule has 0 fully saturated rings. The molecule has 0 saturated carbocycles. The molecule has 0 heterocycles. The van der Waals surface area contributed by atoms with Gasteiger partial charge in [0, 0.05) is 17.1 Å². The standard InChI is InChI=1S/C13H20BrClN2O3S.ClH/c1-8(2)4-9(7-16)17-21(18,19)13-6-11(15)12(20-3)5-10(13)14;/h5-6,8-9,17H,4,7,16H2,1-3H3;1H. The lowest BCUT2D eigenvalue weighted by Crippen LogP contribution is -2.41. The minimum atomic E-state index is -3.71. The molecule has 0 amide bonds. The number of sulfonamides is 1. The van der Waals surface area contributed by atoms with Crippen LogP contribution in [0.5, 0.6) is 5.75 Å². The monoisotopic (exact) mass is 434 g/mol. The number of nitrogens with two attached hydrogens (primary N) is 1. The fourth-order valence-corrected chi connectivity index (χ4v) is 4.53. The number of rotatable bonds is 7. The quantitative estimate of drug-likeness (QED) is 0.688. The molecular weight excluding hydrogens is 415 g/mol. The number of nitrogens with one attached hydrogen (secondary N) is 1. The Morgan fingerprint density at radius 2 is 2.00 bits per heavy atom. The van der Waals surface area contributed by atoms with Gasteiger partial charge >= 0.3 is 0 Å². The van der Waals surface area contributed by atoms with E-state index in [0.29, 0.717) is 22.6 Å². The van der Waals surface area contributed by atoms with Crippen molar-refractivity contribution in [1.29, 1.82) is 0 Å². The molecule has 0 spiro atoms. The van der Waals surface area contributed by atoms with Crippen LogP contribution in [0.4, 0.5) is 0 Å². The highest BCUT2D eigenvalue weighted by Gasteiger charge is 2.23. The van der Waals surface area contributed by atoms with E-state index in [1.807, 2.05) is 13.8 Å². The van der Waals surface area contributed by atoms with Crippen LogP contribution in [-0.2, 0) is 10.0 Å². The van der Waals surface area contributed by atoms with Gasteiger partial charge in [0.2, 0.25) is 10.0 Å². The van der Waals surface area contributed by atoms with Gasteiger partial charge in [-0.05, 0) is 40.4 Å². The summed E-state index contributed by atoms with van der Waals surface area (Å²) in [6, 6.07) is 2.56. The highest BCUT2D eigenvalue weighted by atomic mass is 79.9. The molecule has 9 heteroatoms. The van der Waals surface area contributed by atoms with Crippen molar-refractivity contribution in [1.82, 2.24) is 4.72 Å². The third kappa shape index (κ3) is 5.86. The largest absolute Gasteiger partial charge is 0.495 e. The molecule has 3 N–H and O–H groups in total. The molecule has 1 atom stereocenters. The highest BCUT2D eigenvalue weighted by Crippen LogP contribution is 2.33. The van der Waals surface area contributed by atoms with Crippen LogP contribution in [0, 0.1) is 5.92 Å². The summed E-state index contributed by atoms with van der Waals surface area (Å²) in [6.45, 7) is 4.26. The predicted molar refractivity (Wildman–Crippen MR) is 95.6 cm³/mol. The number of halogens is 3.